The summed E-state index contributed by atoms with van der Waals surface area (Å²) in [7, 11) is 0. The number of amides is 1. The van der Waals surface area contributed by atoms with Crippen LogP contribution in [0.3, 0.4) is 0 Å². The van der Waals surface area contributed by atoms with Crippen molar-refractivity contribution in [2.24, 2.45) is 17.3 Å². The van der Waals surface area contributed by atoms with E-state index in [0.29, 0.717) is 12.0 Å². The van der Waals surface area contributed by atoms with E-state index in [1.54, 1.807) is 6.92 Å². The molecule has 4 atom stereocenters. The molecule has 1 saturated carbocycles. The second-order valence-corrected chi connectivity index (χ2v) is 9.88. The Morgan fingerprint density at radius 1 is 1.16 bits per heavy atom. The fraction of sp³-hybridized carbons (Fsp3) is 0.667. The van der Waals surface area contributed by atoms with Gasteiger partial charge in [-0.3, -0.25) is 14.9 Å². The van der Waals surface area contributed by atoms with Crippen molar-refractivity contribution in [3.8, 4) is 0 Å². The number of likely N-dealkylation sites (tertiary alicyclic amines) is 1. The summed E-state index contributed by atoms with van der Waals surface area (Å²) < 4.78 is 5.36. The molecule has 1 heterocycles. The molecule has 3 rings (SSSR count). The Bertz CT molecular complexity index is 798. The van der Waals surface area contributed by atoms with Gasteiger partial charge in [0.05, 0.1) is 12.5 Å². The maximum absolute atomic E-state index is 13.6. The number of carbonyl (C=O) groups excluding carboxylic acids is 2. The molecular formula is C24H34N2O5. The van der Waals surface area contributed by atoms with Crippen LogP contribution in [0, 0.1) is 27.4 Å². The van der Waals surface area contributed by atoms with Crippen molar-refractivity contribution >= 4 is 11.9 Å². The molecule has 0 N–H and O–H groups in total. The van der Waals surface area contributed by atoms with Gasteiger partial charge in [0.25, 0.3) is 0 Å². The third-order valence-corrected chi connectivity index (χ3v) is 6.77. The van der Waals surface area contributed by atoms with E-state index in [-0.39, 0.29) is 23.4 Å². The highest BCUT2D eigenvalue weighted by molar-refractivity contribution is 5.86. The van der Waals surface area contributed by atoms with E-state index in [1.165, 1.54) is 4.90 Å². The van der Waals surface area contributed by atoms with Gasteiger partial charge in [0.1, 0.15) is 12.1 Å². The molecule has 1 aliphatic carbocycles. The van der Waals surface area contributed by atoms with Gasteiger partial charge in [-0.25, -0.2) is 4.79 Å². The summed E-state index contributed by atoms with van der Waals surface area (Å²) in [6.45, 7) is 7.56. The largest absolute Gasteiger partial charge is 0.464 e. The zero-order chi connectivity index (χ0) is 22.8. The van der Waals surface area contributed by atoms with E-state index in [1.807, 2.05) is 51.1 Å². The molecule has 7 heteroatoms. The van der Waals surface area contributed by atoms with Crippen LogP contribution in [0.2, 0.25) is 0 Å². The van der Waals surface area contributed by atoms with Gasteiger partial charge in [0, 0.05) is 11.3 Å². The van der Waals surface area contributed by atoms with Crippen molar-refractivity contribution in [1.29, 1.82) is 0 Å². The molecule has 2 fully saturated rings. The number of benzene rings is 1. The summed E-state index contributed by atoms with van der Waals surface area (Å²) >= 11 is 0. The fourth-order valence-electron chi connectivity index (χ4n) is 5.50. The average molecular weight is 431 g/mol. The third-order valence-electron chi connectivity index (χ3n) is 6.77. The summed E-state index contributed by atoms with van der Waals surface area (Å²) in [5.74, 6) is -1.13. The molecule has 7 nitrogen and oxygen atoms in total. The lowest BCUT2D eigenvalue weighted by molar-refractivity contribution is -0.536. The maximum atomic E-state index is 13.6. The number of ether oxygens (including phenoxy) is 1. The lowest BCUT2D eigenvalue weighted by Gasteiger charge is -2.33. The summed E-state index contributed by atoms with van der Waals surface area (Å²) in [4.78, 5) is 40.4. The van der Waals surface area contributed by atoms with Crippen LogP contribution in [-0.4, -0.2) is 40.4 Å². The van der Waals surface area contributed by atoms with Crippen LogP contribution in [0.25, 0.3) is 0 Å². The molecule has 31 heavy (non-hydrogen) atoms. The summed E-state index contributed by atoms with van der Waals surface area (Å²) in [6, 6.07) is 6.22. The van der Waals surface area contributed by atoms with E-state index >= 15 is 0 Å². The molecule has 1 aromatic carbocycles. The number of esters is 1. The first-order chi connectivity index (χ1) is 14.7. The highest BCUT2D eigenvalue weighted by Crippen LogP contribution is 2.50. The lowest BCUT2D eigenvalue weighted by Crippen LogP contribution is -2.48. The summed E-state index contributed by atoms with van der Waals surface area (Å²) in [6.07, 6.45) is 4.50. The highest BCUT2D eigenvalue weighted by Gasteiger charge is 2.63. The summed E-state index contributed by atoms with van der Waals surface area (Å²) in [5, 5.41) is 12.4. The van der Waals surface area contributed by atoms with E-state index < -0.39 is 35.4 Å². The Hall–Kier alpha value is -2.44. The van der Waals surface area contributed by atoms with Gasteiger partial charge in [-0.15, -0.1) is 0 Å². The van der Waals surface area contributed by atoms with E-state index in [2.05, 4.69) is 0 Å². The maximum Gasteiger partial charge on any atom is 0.329 e. The van der Waals surface area contributed by atoms with Gasteiger partial charge in [0.15, 0.2) is 0 Å². The molecule has 0 bridgehead atoms. The Balaban J connectivity index is 2.13. The van der Waals surface area contributed by atoms with Crippen molar-refractivity contribution in [3.05, 3.63) is 46.0 Å². The van der Waals surface area contributed by atoms with Crippen molar-refractivity contribution in [2.45, 2.75) is 77.9 Å². The average Bonchev–Trinajstić information content (AvgIpc) is 3.34. The Morgan fingerprint density at radius 2 is 1.77 bits per heavy atom. The van der Waals surface area contributed by atoms with Crippen molar-refractivity contribution in [1.82, 2.24) is 4.90 Å². The molecule has 1 saturated heterocycles. The number of rotatable bonds is 6. The van der Waals surface area contributed by atoms with E-state index in [9.17, 15) is 19.7 Å². The van der Waals surface area contributed by atoms with Gasteiger partial charge in [-0.2, -0.15) is 0 Å². The SMILES string of the molecule is CCOC(=O)[C@H]1[C@H](C(C)(C)C)[C@@H]([N+](=O)[O-])[C@@H](c2ccccc2)N1C(=O)CC1CCCC1. The van der Waals surface area contributed by atoms with Crippen LogP contribution in [0.4, 0.5) is 0 Å². The predicted molar refractivity (Wildman–Crippen MR) is 117 cm³/mol. The topological polar surface area (TPSA) is 89.8 Å². The Morgan fingerprint density at radius 3 is 2.29 bits per heavy atom. The molecule has 2 aliphatic rings. The number of nitro groups is 1. The standard InChI is InChI=1S/C24H34N2O5/c1-5-31-23(28)22-19(24(2,3)4)21(26(29)30)20(17-13-7-6-8-14-17)25(22)18(27)15-16-11-9-10-12-16/h6-8,13-14,16,19-22H,5,9-12,15H2,1-4H3/t19-,20-,21-,22-/m1/s1. The molecular weight excluding hydrogens is 396 g/mol. The minimum atomic E-state index is -1.09. The quantitative estimate of drug-likeness (QED) is 0.379. The second-order valence-electron chi connectivity index (χ2n) is 9.88. The van der Waals surface area contributed by atoms with Crippen molar-refractivity contribution in [2.75, 3.05) is 6.61 Å². The van der Waals surface area contributed by atoms with Crippen LogP contribution in [0.15, 0.2) is 30.3 Å². The number of hydrogen-bond donors (Lipinski definition) is 0. The van der Waals surface area contributed by atoms with E-state index in [4.69, 9.17) is 4.74 Å². The monoisotopic (exact) mass is 430 g/mol. The smallest absolute Gasteiger partial charge is 0.329 e. The van der Waals surface area contributed by atoms with Gasteiger partial charge < -0.3 is 9.64 Å². The van der Waals surface area contributed by atoms with Crippen molar-refractivity contribution in [3.63, 3.8) is 0 Å². The number of carbonyl (C=O) groups is 2. The molecule has 1 aliphatic heterocycles. The fourth-order valence-corrected chi connectivity index (χ4v) is 5.50. The van der Waals surface area contributed by atoms with Crippen molar-refractivity contribution < 1.29 is 19.2 Å². The minimum absolute atomic E-state index is 0.163. The van der Waals surface area contributed by atoms with Crippen LogP contribution in [-0.2, 0) is 14.3 Å². The number of nitrogens with zero attached hydrogens (tertiary/aromatic N) is 2. The zero-order valence-electron chi connectivity index (χ0n) is 19.0. The van der Waals surface area contributed by atoms with Gasteiger partial charge >= 0.3 is 5.97 Å². The predicted octanol–water partition coefficient (Wildman–Crippen LogP) is 4.39. The molecule has 0 unspecified atom stereocenters. The van der Waals surface area contributed by atoms with Gasteiger partial charge in [-0.1, -0.05) is 63.9 Å². The molecule has 0 spiro atoms. The Labute approximate surface area is 184 Å². The normalized spacial score (nSPS) is 26.8. The van der Waals surface area contributed by atoms with Crippen LogP contribution >= 0.6 is 0 Å². The molecule has 1 amide bonds. The Kier molecular flexibility index (Phi) is 7.02. The minimum Gasteiger partial charge on any atom is -0.464 e. The van der Waals surface area contributed by atoms with Crippen LogP contribution in [0.5, 0.6) is 0 Å². The van der Waals surface area contributed by atoms with E-state index in [0.717, 1.165) is 25.7 Å². The van der Waals surface area contributed by atoms with Crippen LogP contribution in [0.1, 0.15) is 71.4 Å². The first-order valence-electron chi connectivity index (χ1n) is 11.3. The molecule has 0 radical (unpaired) electrons. The lowest BCUT2D eigenvalue weighted by atomic mass is 9.73. The van der Waals surface area contributed by atoms with Crippen LogP contribution < -0.4 is 0 Å². The van der Waals surface area contributed by atoms with Gasteiger partial charge in [0.2, 0.25) is 11.9 Å². The first-order valence-corrected chi connectivity index (χ1v) is 11.3. The molecule has 170 valence electrons. The first kappa shape index (κ1) is 23.2. The highest BCUT2D eigenvalue weighted by atomic mass is 16.6. The second kappa shape index (κ2) is 9.37. The zero-order valence-corrected chi connectivity index (χ0v) is 19.0. The summed E-state index contributed by atoms with van der Waals surface area (Å²) in [5.41, 5.74) is 0.106. The van der Waals surface area contributed by atoms with Gasteiger partial charge in [-0.05, 0) is 36.7 Å². The molecule has 0 aromatic heterocycles. The molecule has 1 aromatic rings. The third kappa shape index (κ3) is 4.75. The number of hydrogen-bond acceptors (Lipinski definition) is 5.